The summed E-state index contributed by atoms with van der Waals surface area (Å²) in [6.45, 7) is 0.272. The summed E-state index contributed by atoms with van der Waals surface area (Å²) in [6, 6.07) is 10.0. The van der Waals surface area contributed by atoms with E-state index >= 15 is 0 Å². The first-order chi connectivity index (χ1) is 11.7. The Bertz CT molecular complexity index is 768. The quantitative estimate of drug-likeness (QED) is 0.851. The molecule has 1 aliphatic heterocycles. The van der Waals surface area contributed by atoms with Crippen LogP contribution in [-0.4, -0.2) is 27.4 Å². The smallest absolute Gasteiger partial charge is 0.323 e. The molecule has 0 radical (unpaired) electrons. The maximum atomic E-state index is 12.5. The zero-order chi connectivity index (χ0) is 16.6. The number of urea groups is 1. The molecular formula is C18H19N3O2S. The molecule has 1 saturated heterocycles. The minimum absolute atomic E-state index is 0.0856. The summed E-state index contributed by atoms with van der Waals surface area (Å²) in [5, 5.41) is 5.85. The van der Waals surface area contributed by atoms with Crippen LogP contribution in [-0.2, 0) is 24.2 Å². The van der Waals surface area contributed by atoms with Crippen LogP contribution in [0.1, 0.15) is 35.5 Å². The lowest BCUT2D eigenvalue weighted by Crippen LogP contribution is -2.52. The van der Waals surface area contributed by atoms with Gasteiger partial charge in [-0.25, -0.2) is 9.78 Å². The lowest BCUT2D eigenvalue weighted by atomic mass is 9.77. The van der Waals surface area contributed by atoms with Crippen LogP contribution in [0.5, 0.6) is 0 Å². The number of hydrogen-bond acceptors (Lipinski definition) is 4. The Kier molecular flexibility index (Phi) is 3.84. The molecule has 0 bridgehead atoms. The van der Waals surface area contributed by atoms with E-state index in [1.54, 1.807) is 11.3 Å². The van der Waals surface area contributed by atoms with Crippen LogP contribution in [0.3, 0.4) is 0 Å². The second-order valence-corrected chi connectivity index (χ2v) is 7.42. The fraction of sp³-hybridized carbons (Fsp3) is 0.389. The number of hydrogen-bond donors (Lipinski definition) is 1. The van der Waals surface area contributed by atoms with Gasteiger partial charge in [0.1, 0.15) is 5.54 Å². The highest BCUT2D eigenvalue weighted by atomic mass is 32.1. The lowest BCUT2D eigenvalue weighted by molar-refractivity contribution is -0.134. The third-order valence-electron chi connectivity index (χ3n) is 4.84. The summed E-state index contributed by atoms with van der Waals surface area (Å²) in [4.78, 5) is 30.5. The standard InChI is InChI=1S/C18H19N3O2S/c22-16-18(9-4-10-18)20-17(23)21(16)11-14-12-24-15(19-14)8-7-13-5-2-1-3-6-13/h1-3,5-6,12H,4,7-11H2,(H,20,23). The van der Waals surface area contributed by atoms with Crippen molar-refractivity contribution in [2.45, 2.75) is 44.2 Å². The summed E-state index contributed by atoms with van der Waals surface area (Å²) < 4.78 is 0. The van der Waals surface area contributed by atoms with E-state index in [1.165, 1.54) is 10.5 Å². The molecule has 2 fully saturated rings. The van der Waals surface area contributed by atoms with Crippen molar-refractivity contribution in [3.05, 3.63) is 52.0 Å². The Morgan fingerprint density at radius 1 is 1.17 bits per heavy atom. The van der Waals surface area contributed by atoms with Crippen molar-refractivity contribution in [3.63, 3.8) is 0 Å². The minimum atomic E-state index is -0.608. The molecule has 1 aromatic heterocycles. The van der Waals surface area contributed by atoms with Crippen LogP contribution in [0.2, 0.25) is 0 Å². The van der Waals surface area contributed by atoms with Crippen molar-refractivity contribution in [1.82, 2.24) is 15.2 Å². The Morgan fingerprint density at radius 2 is 1.96 bits per heavy atom. The van der Waals surface area contributed by atoms with Crippen LogP contribution in [0, 0.1) is 0 Å². The Balaban J connectivity index is 1.38. The number of thiazole rings is 1. The molecule has 1 saturated carbocycles. The van der Waals surface area contributed by atoms with Gasteiger partial charge in [-0.15, -0.1) is 11.3 Å². The Labute approximate surface area is 144 Å². The zero-order valence-electron chi connectivity index (χ0n) is 13.3. The van der Waals surface area contributed by atoms with Gasteiger partial charge < -0.3 is 5.32 Å². The molecule has 5 nitrogen and oxygen atoms in total. The molecule has 1 spiro atoms. The monoisotopic (exact) mass is 341 g/mol. The van der Waals surface area contributed by atoms with E-state index in [9.17, 15) is 9.59 Å². The zero-order valence-corrected chi connectivity index (χ0v) is 14.1. The Hall–Kier alpha value is -2.21. The molecule has 0 atom stereocenters. The summed E-state index contributed by atoms with van der Waals surface area (Å²) >= 11 is 1.59. The summed E-state index contributed by atoms with van der Waals surface area (Å²) in [6.07, 6.45) is 4.33. The first kappa shape index (κ1) is 15.3. The van der Waals surface area contributed by atoms with E-state index in [4.69, 9.17) is 0 Å². The maximum absolute atomic E-state index is 12.5. The fourth-order valence-electron chi connectivity index (χ4n) is 3.28. The van der Waals surface area contributed by atoms with Crippen molar-refractivity contribution >= 4 is 23.3 Å². The third kappa shape index (κ3) is 2.71. The van der Waals surface area contributed by atoms with E-state index < -0.39 is 5.54 Å². The molecule has 1 aromatic carbocycles. The number of benzene rings is 1. The van der Waals surface area contributed by atoms with Crippen molar-refractivity contribution < 1.29 is 9.59 Å². The first-order valence-corrected chi connectivity index (χ1v) is 9.16. The minimum Gasteiger partial charge on any atom is -0.323 e. The Morgan fingerprint density at radius 3 is 2.62 bits per heavy atom. The fourth-order valence-corrected chi connectivity index (χ4v) is 4.07. The van der Waals surface area contributed by atoms with Crippen molar-refractivity contribution in [2.24, 2.45) is 0 Å². The highest BCUT2D eigenvalue weighted by molar-refractivity contribution is 7.09. The van der Waals surface area contributed by atoms with Crippen molar-refractivity contribution in [2.75, 3.05) is 0 Å². The van der Waals surface area contributed by atoms with E-state index in [1.807, 2.05) is 23.6 Å². The van der Waals surface area contributed by atoms with Gasteiger partial charge in [0.25, 0.3) is 5.91 Å². The second-order valence-electron chi connectivity index (χ2n) is 6.48. The molecular weight excluding hydrogens is 322 g/mol. The van der Waals surface area contributed by atoms with Gasteiger partial charge in [0.2, 0.25) is 0 Å². The summed E-state index contributed by atoms with van der Waals surface area (Å²) in [7, 11) is 0. The highest BCUT2D eigenvalue weighted by Crippen LogP contribution is 2.37. The molecule has 1 aliphatic carbocycles. The molecule has 2 aromatic rings. The van der Waals surface area contributed by atoms with Gasteiger partial charge in [-0.05, 0) is 31.2 Å². The van der Waals surface area contributed by atoms with Crippen LogP contribution >= 0.6 is 11.3 Å². The number of amides is 3. The van der Waals surface area contributed by atoms with Gasteiger partial charge in [0, 0.05) is 11.8 Å². The molecule has 124 valence electrons. The number of carbonyl (C=O) groups excluding carboxylic acids is 2. The largest absolute Gasteiger partial charge is 0.325 e. The number of nitrogens with zero attached hydrogens (tertiary/aromatic N) is 2. The maximum Gasteiger partial charge on any atom is 0.325 e. The van der Waals surface area contributed by atoms with Crippen LogP contribution in [0.4, 0.5) is 4.79 Å². The van der Waals surface area contributed by atoms with Gasteiger partial charge in [0.15, 0.2) is 0 Å². The summed E-state index contributed by atoms with van der Waals surface area (Å²) in [5.41, 5.74) is 1.47. The molecule has 3 amide bonds. The molecule has 2 heterocycles. The predicted octanol–water partition coefficient (Wildman–Crippen LogP) is 2.90. The molecule has 24 heavy (non-hydrogen) atoms. The van der Waals surface area contributed by atoms with E-state index in [-0.39, 0.29) is 18.5 Å². The van der Waals surface area contributed by atoms with Gasteiger partial charge >= 0.3 is 6.03 Å². The van der Waals surface area contributed by atoms with E-state index in [0.717, 1.165) is 42.8 Å². The van der Waals surface area contributed by atoms with E-state index in [0.29, 0.717) is 0 Å². The number of rotatable bonds is 5. The van der Waals surface area contributed by atoms with Gasteiger partial charge in [-0.3, -0.25) is 9.69 Å². The average Bonchev–Trinajstić information content (AvgIpc) is 3.11. The molecule has 4 rings (SSSR count). The number of carbonyl (C=O) groups is 2. The SMILES string of the molecule is O=C1NC2(CCC2)C(=O)N1Cc1csc(CCc2ccccc2)n1. The number of imide groups is 1. The van der Waals surface area contributed by atoms with Gasteiger partial charge in [-0.1, -0.05) is 30.3 Å². The lowest BCUT2D eigenvalue weighted by Gasteiger charge is -2.34. The van der Waals surface area contributed by atoms with Gasteiger partial charge in [-0.2, -0.15) is 0 Å². The van der Waals surface area contributed by atoms with Gasteiger partial charge in [0.05, 0.1) is 17.2 Å². The van der Waals surface area contributed by atoms with Crippen LogP contribution < -0.4 is 5.32 Å². The number of aryl methyl sites for hydroxylation is 2. The molecule has 0 unspecified atom stereocenters. The van der Waals surface area contributed by atoms with E-state index in [2.05, 4.69) is 22.4 Å². The molecule has 2 aliphatic rings. The van der Waals surface area contributed by atoms with Crippen LogP contribution in [0.25, 0.3) is 0 Å². The van der Waals surface area contributed by atoms with Crippen molar-refractivity contribution in [1.29, 1.82) is 0 Å². The second kappa shape index (κ2) is 6.02. The first-order valence-electron chi connectivity index (χ1n) is 8.28. The average molecular weight is 341 g/mol. The highest BCUT2D eigenvalue weighted by Gasteiger charge is 2.54. The predicted molar refractivity (Wildman–Crippen MR) is 91.6 cm³/mol. The topological polar surface area (TPSA) is 62.3 Å². The summed E-state index contributed by atoms with van der Waals surface area (Å²) in [5.74, 6) is -0.0856. The molecule has 6 heteroatoms. The molecule has 1 N–H and O–H groups in total. The normalized spacial score (nSPS) is 18.8. The third-order valence-corrected chi connectivity index (χ3v) is 5.80. The van der Waals surface area contributed by atoms with Crippen LogP contribution in [0.15, 0.2) is 35.7 Å². The number of aromatic nitrogens is 1. The van der Waals surface area contributed by atoms with Crippen molar-refractivity contribution in [3.8, 4) is 0 Å². The number of nitrogens with one attached hydrogen (secondary N) is 1.